The number of ether oxygens (including phenoxy) is 2. The van der Waals surface area contributed by atoms with Crippen molar-refractivity contribution in [1.82, 2.24) is 0 Å². The van der Waals surface area contributed by atoms with Crippen LogP contribution in [0.1, 0.15) is 66.2 Å². The van der Waals surface area contributed by atoms with E-state index in [9.17, 15) is 9.59 Å². The maximum atomic E-state index is 12.2. The molecule has 6 unspecified atom stereocenters. The molecule has 0 N–H and O–H groups in total. The molecule has 0 aromatic rings. The molecule has 2 fully saturated rings. The van der Waals surface area contributed by atoms with Crippen molar-refractivity contribution in [2.45, 2.75) is 66.2 Å². The van der Waals surface area contributed by atoms with E-state index >= 15 is 0 Å². The summed E-state index contributed by atoms with van der Waals surface area (Å²) in [7, 11) is 0. The second-order valence-corrected chi connectivity index (χ2v) is 7.79. The van der Waals surface area contributed by atoms with Gasteiger partial charge in [0.25, 0.3) is 0 Å². The molecule has 2 aliphatic carbocycles. The Balaban J connectivity index is 1.75. The normalized spacial score (nSPS) is 37.9. The van der Waals surface area contributed by atoms with E-state index in [1.54, 1.807) is 0 Å². The summed E-state index contributed by atoms with van der Waals surface area (Å²) in [6, 6.07) is 0. The van der Waals surface area contributed by atoms with Crippen molar-refractivity contribution in [3.05, 3.63) is 0 Å². The molecule has 0 heterocycles. The number of esters is 2. The molecule has 0 aromatic carbocycles. The molecule has 0 radical (unpaired) electrons. The third-order valence-electron chi connectivity index (χ3n) is 6.42. The first kappa shape index (κ1) is 18.3. The Labute approximate surface area is 140 Å². The highest BCUT2D eigenvalue weighted by molar-refractivity contribution is 5.74. The SMILES string of the molecule is CC1CCCC(C(=O)OCOC(=O)C2CCCC(C)C2C)C1C. The van der Waals surface area contributed by atoms with Gasteiger partial charge in [0.05, 0.1) is 11.8 Å². The van der Waals surface area contributed by atoms with Crippen molar-refractivity contribution in [2.75, 3.05) is 6.79 Å². The molecule has 0 aromatic heterocycles. The zero-order valence-electron chi connectivity index (χ0n) is 15.0. The summed E-state index contributed by atoms with van der Waals surface area (Å²) in [6.45, 7) is 8.39. The van der Waals surface area contributed by atoms with E-state index in [1.807, 2.05) is 0 Å². The van der Waals surface area contributed by atoms with E-state index in [0.717, 1.165) is 25.7 Å². The smallest absolute Gasteiger partial charge is 0.312 e. The van der Waals surface area contributed by atoms with Gasteiger partial charge in [0.15, 0.2) is 0 Å². The van der Waals surface area contributed by atoms with Gasteiger partial charge < -0.3 is 9.47 Å². The minimum atomic E-state index is -0.229. The first-order chi connectivity index (χ1) is 10.9. The van der Waals surface area contributed by atoms with Crippen LogP contribution in [0.5, 0.6) is 0 Å². The molecular weight excluding hydrogens is 292 g/mol. The summed E-state index contributed by atoms with van der Waals surface area (Å²) in [5.41, 5.74) is 0. The minimum Gasteiger partial charge on any atom is -0.428 e. The summed E-state index contributed by atoms with van der Waals surface area (Å²) >= 11 is 0. The van der Waals surface area contributed by atoms with E-state index < -0.39 is 0 Å². The number of hydrogen-bond donors (Lipinski definition) is 0. The van der Waals surface area contributed by atoms with Crippen LogP contribution < -0.4 is 0 Å². The van der Waals surface area contributed by atoms with Gasteiger partial charge in [-0.25, -0.2) is 0 Å². The number of carbonyl (C=O) groups excluding carboxylic acids is 2. The standard InChI is InChI=1S/C19H32O4/c1-12-7-5-9-16(14(12)3)18(20)22-11-23-19(21)17-10-6-8-13(2)15(17)4/h12-17H,5-11H2,1-4H3. The Morgan fingerprint density at radius 3 is 1.52 bits per heavy atom. The molecular formula is C19H32O4. The van der Waals surface area contributed by atoms with Crippen molar-refractivity contribution in [2.24, 2.45) is 35.5 Å². The van der Waals surface area contributed by atoms with Crippen molar-refractivity contribution in [1.29, 1.82) is 0 Å². The first-order valence-corrected chi connectivity index (χ1v) is 9.25. The van der Waals surface area contributed by atoms with Crippen LogP contribution in [0.2, 0.25) is 0 Å². The van der Waals surface area contributed by atoms with Gasteiger partial charge in [-0.2, -0.15) is 0 Å². The van der Waals surface area contributed by atoms with E-state index in [-0.39, 0.29) is 30.6 Å². The quantitative estimate of drug-likeness (QED) is 0.575. The van der Waals surface area contributed by atoms with Crippen LogP contribution in [0.3, 0.4) is 0 Å². The van der Waals surface area contributed by atoms with Gasteiger partial charge in [-0.05, 0) is 36.5 Å². The topological polar surface area (TPSA) is 52.6 Å². The Morgan fingerprint density at radius 1 is 0.739 bits per heavy atom. The predicted molar refractivity (Wildman–Crippen MR) is 88.4 cm³/mol. The Kier molecular flexibility index (Phi) is 6.49. The third kappa shape index (κ3) is 4.48. The molecule has 132 valence electrons. The number of hydrogen-bond acceptors (Lipinski definition) is 4. The molecule has 0 spiro atoms. The average Bonchev–Trinajstić information content (AvgIpc) is 2.52. The molecule has 4 heteroatoms. The molecule has 6 atom stereocenters. The fourth-order valence-electron chi connectivity index (χ4n) is 4.19. The van der Waals surface area contributed by atoms with Gasteiger partial charge in [0, 0.05) is 0 Å². The zero-order chi connectivity index (χ0) is 17.0. The van der Waals surface area contributed by atoms with Crippen LogP contribution >= 0.6 is 0 Å². The van der Waals surface area contributed by atoms with Crippen LogP contribution in [0.15, 0.2) is 0 Å². The van der Waals surface area contributed by atoms with Gasteiger partial charge in [-0.3, -0.25) is 9.59 Å². The lowest BCUT2D eigenvalue weighted by atomic mass is 9.74. The van der Waals surface area contributed by atoms with Crippen LogP contribution in [0.25, 0.3) is 0 Å². The lowest BCUT2D eigenvalue weighted by Crippen LogP contribution is -2.34. The minimum absolute atomic E-state index is 0.0499. The van der Waals surface area contributed by atoms with Crippen LogP contribution in [-0.4, -0.2) is 18.7 Å². The Morgan fingerprint density at radius 2 is 1.13 bits per heavy atom. The monoisotopic (exact) mass is 324 g/mol. The van der Waals surface area contributed by atoms with Gasteiger partial charge in [0.1, 0.15) is 0 Å². The lowest BCUT2D eigenvalue weighted by molar-refractivity contribution is -0.177. The average molecular weight is 324 g/mol. The molecule has 0 saturated heterocycles. The zero-order valence-corrected chi connectivity index (χ0v) is 15.0. The highest BCUT2D eigenvalue weighted by atomic mass is 16.7. The highest BCUT2D eigenvalue weighted by Crippen LogP contribution is 2.36. The largest absolute Gasteiger partial charge is 0.428 e. The molecule has 2 aliphatic rings. The second kappa shape index (κ2) is 8.16. The van der Waals surface area contributed by atoms with Gasteiger partial charge in [-0.15, -0.1) is 0 Å². The van der Waals surface area contributed by atoms with E-state index in [4.69, 9.17) is 9.47 Å². The number of carbonyl (C=O) groups is 2. The molecule has 0 bridgehead atoms. The van der Waals surface area contributed by atoms with Crippen LogP contribution in [0, 0.1) is 35.5 Å². The maximum Gasteiger partial charge on any atom is 0.312 e. The molecule has 0 amide bonds. The van der Waals surface area contributed by atoms with Gasteiger partial charge in [-0.1, -0.05) is 53.4 Å². The number of rotatable bonds is 4. The Hall–Kier alpha value is -1.06. The molecule has 0 aliphatic heterocycles. The fourth-order valence-corrected chi connectivity index (χ4v) is 4.19. The lowest BCUT2D eigenvalue weighted by Gasteiger charge is -2.33. The van der Waals surface area contributed by atoms with Gasteiger partial charge in [0.2, 0.25) is 6.79 Å². The molecule has 2 saturated carbocycles. The molecule has 23 heavy (non-hydrogen) atoms. The van der Waals surface area contributed by atoms with Crippen molar-refractivity contribution < 1.29 is 19.1 Å². The summed E-state index contributed by atoms with van der Waals surface area (Å²) < 4.78 is 10.5. The highest BCUT2D eigenvalue weighted by Gasteiger charge is 2.35. The van der Waals surface area contributed by atoms with Gasteiger partial charge >= 0.3 is 11.9 Å². The molecule has 2 rings (SSSR count). The fraction of sp³-hybridized carbons (Fsp3) is 0.895. The summed E-state index contributed by atoms with van der Waals surface area (Å²) in [5, 5.41) is 0. The predicted octanol–water partition coefficient (Wildman–Crippen LogP) is 4.17. The van der Waals surface area contributed by atoms with Crippen molar-refractivity contribution in [3.63, 3.8) is 0 Å². The molecule has 4 nitrogen and oxygen atoms in total. The third-order valence-corrected chi connectivity index (χ3v) is 6.42. The van der Waals surface area contributed by atoms with Crippen molar-refractivity contribution in [3.8, 4) is 0 Å². The summed E-state index contributed by atoms with van der Waals surface area (Å²) in [6.07, 6.45) is 6.27. The van der Waals surface area contributed by atoms with E-state index in [1.165, 1.54) is 12.8 Å². The first-order valence-electron chi connectivity index (χ1n) is 9.25. The summed E-state index contributed by atoms with van der Waals surface area (Å²) in [5.74, 6) is 1.26. The van der Waals surface area contributed by atoms with Crippen LogP contribution in [0.4, 0.5) is 0 Å². The second-order valence-electron chi connectivity index (χ2n) is 7.79. The van der Waals surface area contributed by atoms with E-state index in [2.05, 4.69) is 27.7 Å². The van der Waals surface area contributed by atoms with Crippen LogP contribution in [-0.2, 0) is 19.1 Å². The van der Waals surface area contributed by atoms with E-state index in [0.29, 0.717) is 23.7 Å². The Bertz CT molecular complexity index is 382. The van der Waals surface area contributed by atoms with Crippen molar-refractivity contribution >= 4 is 11.9 Å². The summed E-state index contributed by atoms with van der Waals surface area (Å²) in [4.78, 5) is 24.4. The maximum absolute atomic E-state index is 12.2.